The molecule has 2 aliphatic heterocycles. The van der Waals surface area contributed by atoms with Crippen LogP contribution in [-0.2, 0) is 13.6 Å². The Kier molecular flexibility index (Phi) is 3.62. The molecule has 0 aliphatic carbocycles. The first-order valence-electron chi connectivity index (χ1n) is 9.58. The van der Waals surface area contributed by atoms with Gasteiger partial charge in [-0.3, -0.25) is 14.3 Å². The van der Waals surface area contributed by atoms with Crippen LogP contribution in [0, 0.1) is 6.92 Å². The summed E-state index contributed by atoms with van der Waals surface area (Å²) in [6, 6.07) is 13.4. The minimum atomic E-state index is -0.00581. The summed E-state index contributed by atoms with van der Waals surface area (Å²) in [4.78, 5) is 22.0. The minimum absolute atomic E-state index is 0.00581. The molecule has 1 aromatic carbocycles. The van der Waals surface area contributed by atoms with Gasteiger partial charge in [0, 0.05) is 50.4 Å². The first-order valence-corrected chi connectivity index (χ1v) is 9.58. The highest BCUT2D eigenvalue weighted by atomic mass is 16.1. The van der Waals surface area contributed by atoms with Gasteiger partial charge in [0.1, 0.15) is 5.65 Å². The van der Waals surface area contributed by atoms with Gasteiger partial charge < -0.3 is 4.90 Å². The normalized spacial score (nSPS) is 22.1. The van der Waals surface area contributed by atoms with Gasteiger partial charge in [0.15, 0.2) is 0 Å². The van der Waals surface area contributed by atoms with Crippen molar-refractivity contribution >= 4 is 16.7 Å². The fourth-order valence-electron chi connectivity index (χ4n) is 4.77. The van der Waals surface area contributed by atoms with E-state index in [0.29, 0.717) is 12.1 Å². The van der Waals surface area contributed by atoms with E-state index >= 15 is 0 Å². The van der Waals surface area contributed by atoms with Crippen molar-refractivity contribution in [2.24, 2.45) is 7.05 Å². The first kappa shape index (κ1) is 16.5. The molecule has 27 heavy (non-hydrogen) atoms. The van der Waals surface area contributed by atoms with E-state index in [4.69, 9.17) is 0 Å². The predicted octanol–water partition coefficient (Wildman–Crippen LogP) is 3.01. The van der Waals surface area contributed by atoms with Crippen LogP contribution in [0.2, 0.25) is 0 Å². The lowest BCUT2D eigenvalue weighted by atomic mass is 9.99. The second-order valence-electron chi connectivity index (χ2n) is 7.95. The molecule has 5 rings (SSSR count). The third kappa shape index (κ3) is 2.49. The van der Waals surface area contributed by atoms with E-state index in [2.05, 4.69) is 52.9 Å². The second-order valence-corrected chi connectivity index (χ2v) is 7.95. The molecule has 2 aliphatic rings. The summed E-state index contributed by atoms with van der Waals surface area (Å²) < 4.78 is 1.63. The van der Waals surface area contributed by atoms with Gasteiger partial charge in [0.2, 0.25) is 0 Å². The number of pyridine rings is 2. The van der Waals surface area contributed by atoms with Crippen molar-refractivity contribution in [2.45, 2.75) is 32.5 Å². The number of aryl methyl sites for hydroxylation is 2. The monoisotopic (exact) mass is 360 g/mol. The Labute approximate surface area is 158 Å². The van der Waals surface area contributed by atoms with Crippen LogP contribution in [-0.4, -0.2) is 33.6 Å². The lowest BCUT2D eigenvalue weighted by Gasteiger charge is -2.43. The zero-order valence-corrected chi connectivity index (χ0v) is 16.0. The molecule has 0 spiro atoms. The molecule has 0 saturated carbocycles. The molecule has 0 N–H and O–H groups in total. The van der Waals surface area contributed by atoms with Gasteiger partial charge >= 0.3 is 0 Å². The average molecular weight is 360 g/mol. The molecule has 1 fully saturated rings. The van der Waals surface area contributed by atoms with Crippen molar-refractivity contribution in [3.63, 3.8) is 0 Å². The lowest BCUT2D eigenvalue weighted by Crippen LogP contribution is -2.51. The Bertz CT molecular complexity index is 1100. The van der Waals surface area contributed by atoms with E-state index in [1.165, 1.54) is 16.7 Å². The first-order chi connectivity index (χ1) is 13.0. The molecule has 3 aromatic rings. The summed E-state index contributed by atoms with van der Waals surface area (Å²) in [5.74, 6) is 0. The number of hydrogen-bond donors (Lipinski definition) is 0. The summed E-state index contributed by atoms with van der Waals surface area (Å²) in [7, 11) is 1.79. The summed E-state index contributed by atoms with van der Waals surface area (Å²) in [6.45, 7) is 7.29. The number of anilines is 1. The molecule has 0 amide bonds. The molecule has 2 aromatic heterocycles. The van der Waals surface area contributed by atoms with Crippen LogP contribution in [0.3, 0.4) is 0 Å². The number of benzene rings is 1. The molecule has 138 valence electrons. The van der Waals surface area contributed by atoms with Gasteiger partial charge in [-0.25, -0.2) is 4.98 Å². The van der Waals surface area contributed by atoms with Crippen molar-refractivity contribution in [1.29, 1.82) is 0 Å². The van der Waals surface area contributed by atoms with Gasteiger partial charge in [-0.2, -0.15) is 0 Å². The van der Waals surface area contributed by atoms with Crippen LogP contribution in [0.25, 0.3) is 11.0 Å². The predicted molar refractivity (Wildman–Crippen MR) is 108 cm³/mol. The Morgan fingerprint density at radius 2 is 2.00 bits per heavy atom. The summed E-state index contributed by atoms with van der Waals surface area (Å²) in [6.07, 6.45) is 1.75. The third-order valence-corrected chi connectivity index (χ3v) is 6.17. The number of fused-ring (bicyclic) bond motifs is 4. The summed E-state index contributed by atoms with van der Waals surface area (Å²) >= 11 is 0. The van der Waals surface area contributed by atoms with Crippen molar-refractivity contribution < 1.29 is 0 Å². The number of piperazine rings is 1. The van der Waals surface area contributed by atoms with Crippen LogP contribution < -0.4 is 10.5 Å². The Balaban J connectivity index is 1.60. The highest BCUT2D eigenvalue weighted by Crippen LogP contribution is 2.40. The van der Waals surface area contributed by atoms with Crippen LogP contribution in [0.1, 0.15) is 29.7 Å². The van der Waals surface area contributed by atoms with E-state index in [1.807, 2.05) is 6.07 Å². The van der Waals surface area contributed by atoms with Crippen molar-refractivity contribution in [1.82, 2.24) is 14.5 Å². The SMILES string of the molecule is Cc1ccc2c(c1)CN1C(C)CN(c3cc(=O)n(C)c4ncccc34)CC21. The lowest BCUT2D eigenvalue weighted by molar-refractivity contribution is 0.134. The highest BCUT2D eigenvalue weighted by Gasteiger charge is 2.39. The molecule has 5 heteroatoms. The standard InChI is InChI=1S/C22H24N4O/c1-14-6-7-17-16(9-14)12-26-15(2)11-25(13-20(17)26)19-10-21(27)24(3)22-18(19)5-4-8-23-22/h4-10,15,20H,11-13H2,1-3H3. The van der Waals surface area contributed by atoms with Crippen molar-refractivity contribution in [3.8, 4) is 0 Å². The number of rotatable bonds is 1. The summed E-state index contributed by atoms with van der Waals surface area (Å²) in [5.41, 5.74) is 5.95. The molecule has 0 radical (unpaired) electrons. The summed E-state index contributed by atoms with van der Waals surface area (Å²) in [5, 5.41) is 1.04. The van der Waals surface area contributed by atoms with E-state index in [9.17, 15) is 4.79 Å². The van der Waals surface area contributed by atoms with Gasteiger partial charge in [-0.05, 0) is 37.1 Å². The number of hydrogen-bond acceptors (Lipinski definition) is 4. The fourth-order valence-corrected chi connectivity index (χ4v) is 4.77. The highest BCUT2D eigenvalue weighted by molar-refractivity contribution is 5.89. The Hall–Kier alpha value is -2.66. The molecule has 2 atom stereocenters. The van der Waals surface area contributed by atoms with Gasteiger partial charge in [-0.15, -0.1) is 0 Å². The fraction of sp³-hybridized carbons (Fsp3) is 0.364. The molecule has 1 saturated heterocycles. The topological polar surface area (TPSA) is 41.4 Å². The largest absolute Gasteiger partial charge is 0.367 e. The maximum atomic E-state index is 12.5. The van der Waals surface area contributed by atoms with Crippen LogP contribution in [0.15, 0.2) is 47.4 Å². The molecule has 2 unspecified atom stereocenters. The molecule has 4 heterocycles. The van der Waals surface area contributed by atoms with Crippen molar-refractivity contribution in [2.75, 3.05) is 18.0 Å². The Morgan fingerprint density at radius 3 is 2.85 bits per heavy atom. The van der Waals surface area contributed by atoms with Gasteiger partial charge in [0.05, 0.1) is 11.7 Å². The van der Waals surface area contributed by atoms with Crippen LogP contribution in [0.4, 0.5) is 5.69 Å². The van der Waals surface area contributed by atoms with Crippen LogP contribution in [0.5, 0.6) is 0 Å². The Morgan fingerprint density at radius 1 is 1.15 bits per heavy atom. The molecule has 5 nitrogen and oxygen atoms in total. The molecular weight excluding hydrogens is 336 g/mol. The van der Waals surface area contributed by atoms with E-state index < -0.39 is 0 Å². The minimum Gasteiger partial charge on any atom is -0.367 e. The zero-order valence-electron chi connectivity index (χ0n) is 16.0. The quantitative estimate of drug-likeness (QED) is 0.669. The number of aromatic nitrogens is 2. The maximum absolute atomic E-state index is 12.5. The molecule has 0 bridgehead atoms. The number of nitrogens with zero attached hydrogens (tertiary/aromatic N) is 4. The van der Waals surface area contributed by atoms with Crippen LogP contribution >= 0.6 is 0 Å². The zero-order chi connectivity index (χ0) is 18.7. The molecular formula is C22H24N4O. The van der Waals surface area contributed by atoms with Gasteiger partial charge in [-0.1, -0.05) is 23.8 Å². The van der Waals surface area contributed by atoms with E-state index in [0.717, 1.165) is 36.4 Å². The smallest absolute Gasteiger partial charge is 0.253 e. The van der Waals surface area contributed by atoms with E-state index in [1.54, 1.807) is 23.9 Å². The third-order valence-electron chi connectivity index (χ3n) is 6.17. The second kappa shape index (κ2) is 5.92. The van der Waals surface area contributed by atoms with E-state index in [-0.39, 0.29) is 5.56 Å². The maximum Gasteiger partial charge on any atom is 0.253 e. The average Bonchev–Trinajstić information content (AvgIpc) is 3.03. The van der Waals surface area contributed by atoms with Crippen molar-refractivity contribution in [3.05, 3.63) is 69.6 Å². The van der Waals surface area contributed by atoms with Gasteiger partial charge in [0.25, 0.3) is 5.56 Å².